The molecule has 0 atom stereocenters. The first-order valence-corrected chi connectivity index (χ1v) is 7.91. The maximum atomic E-state index is 13.1. The summed E-state index contributed by atoms with van der Waals surface area (Å²) in [4.78, 5) is 12.4. The van der Waals surface area contributed by atoms with Gasteiger partial charge in [-0.15, -0.1) is 0 Å². The summed E-state index contributed by atoms with van der Waals surface area (Å²) in [6.45, 7) is 2.96. The van der Waals surface area contributed by atoms with E-state index in [0.29, 0.717) is 24.5 Å². The van der Waals surface area contributed by atoms with Crippen molar-refractivity contribution in [3.63, 3.8) is 0 Å². The molecule has 0 saturated heterocycles. The van der Waals surface area contributed by atoms with Gasteiger partial charge in [0, 0.05) is 12.0 Å². The quantitative estimate of drug-likeness (QED) is 0.883. The molecule has 1 saturated carbocycles. The zero-order chi connectivity index (χ0) is 16.3. The summed E-state index contributed by atoms with van der Waals surface area (Å²) >= 11 is 0. The Morgan fingerprint density at radius 3 is 2.52 bits per heavy atom. The van der Waals surface area contributed by atoms with E-state index in [-0.39, 0.29) is 17.1 Å². The van der Waals surface area contributed by atoms with Crippen LogP contribution in [0.2, 0.25) is 0 Å². The summed E-state index contributed by atoms with van der Waals surface area (Å²) in [5.41, 5.74) is 1.57. The maximum Gasteiger partial charge on any atom is 0.255 e. The Balaban J connectivity index is 1.69. The van der Waals surface area contributed by atoms with Gasteiger partial charge in [-0.05, 0) is 49.6 Å². The molecule has 1 amide bonds. The van der Waals surface area contributed by atoms with Gasteiger partial charge in [0.25, 0.3) is 5.91 Å². The molecule has 2 aromatic carbocycles. The number of benzene rings is 2. The highest BCUT2D eigenvalue weighted by Crippen LogP contribution is 2.47. The van der Waals surface area contributed by atoms with Gasteiger partial charge < -0.3 is 10.1 Å². The average molecular weight is 313 g/mol. The normalized spacial score (nSPS) is 15.0. The average Bonchev–Trinajstić information content (AvgIpc) is 3.35. The van der Waals surface area contributed by atoms with Gasteiger partial charge in [-0.3, -0.25) is 4.79 Å². The van der Waals surface area contributed by atoms with Gasteiger partial charge >= 0.3 is 0 Å². The third-order valence-electron chi connectivity index (χ3n) is 4.33. The van der Waals surface area contributed by atoms with Crippen LogP contribution in [0.25, 0.3) is 0 Å². The molecule has 4 heteroatoms. The lowest BCUT2D eigenvalue weighted by molar-refractivity contribution is 0.0946. The first kappa shape index (κ1) is 15.5. The van der Waals surface area contributed by atoms with Gasteiger partial charge in [-0.25, -0.2) is 4.39 Å². The van der Waals surface area contributed by atoms with Crippen LogP contribution < -0.4 is 10.1 Å². The van der Waals surface area contributed by atoms with E-state index < -0.39 is 0 Å². The molecular weight excluding hydrogens is 293 g/mol. The zero-order valence-corrected chi connectivity index (χ0v) is 13.1. The summed E-state index contributed by atoms with van der Waals surface area (Å²) in [6.07, 6.45) is 2.01. The fraction of sp³-hybridized carbons (Fsp3) is 0.316. The monoisotopic (exact) mass is 313 g/mol. The van der Waals surface area contributed by atoms with E-state index in [9.17, 15) is 9.18 Å². The Hall–Kier alpha value is -2.36. The number of hydrogen-bond donors (Lipinski definition) is 1. The number of hydrogen-bond acceptors (Lipinski definition) is 2. The third-order valence-corrected chi connectivity index (χ3v) is 4.33. The molecule has 3 nitrogen and oxygen atoms in total. The van der Waals surface area contributed by atoms with Crippen molar-refractivity contribution in [2.75, 3.05) is 13.2 Å². The smallest absolute Gasteiger partial charge is 0.255 e. The molecule has 1 fully saturated rings. The minimum absolute atomic E-state index is 0.0517. The van der Waals surface area contributed by atoms with Crippen LogP contribution in [0.5, 0.6) is 5.75 Å². The molecule has 0 unspecified atom stereocenters. The summed E-state index contributed by atoms with van der Waals surface area (Å²) in [6, 6.07) is 13.8. The first-order valence-electron chi connectivity index (χ1n) is 7.91. The molecule has 1 aliphatic rings. The van der Waals surface area contributed by atoms with E-state index >= 15 is 0 Å². The van der Waals surface area contributed by atoms with Crippen LogP contribution in [-0.4, -0.2) is 19.1 Å². The van der Waals surface area contributed by atoms with Gasteiger partial charge in [0.2, 0.25) is 0 Å². The van der Waals surface area contributed by atoms with Crippen molar-refractivity contribution in [2.24, 2.45) is 0 Å². The summed E-state index contributed by atoms with van der Waals surface area (Å²) in [5.74, 6) is 0.223. The molecule has 0 heterocycles. The number of ether oxygens (including phenoxy) is 1. The van der Waals surface area contributed by atoms with Crippen LogP contribution >= 0.6 is 0 Å². The van der Waals surface area contributed by atoms with Crippen molar-refractivity contribution in [2.45, 2.75) is 25.2 Å². The standard InChI is InChI=1S/C19H20FNO2/c1-2-23-17-6-4-3-5-16(17)18(22)21-13-19(11-12-19)14-7-9-15(20)10-8-14/h3-10H,2,11-13H2,1H3,(H,21,22). The minimum atomic E-state index is -0.237. The van der Waals surface area contributed by atoms with Gasteiger partial charge in [-0.2, -0.15) is 0 Å². The molecule has 0 radical (unpaired) electrons. The highest BCUT2D eigenvalue weighted by molar-refractivity contribution is 5.97. The van der Waals surface area contributed by atoms with E-state index in [1.165, 1.54) is 12.1 Å². The molecule has 120 valence electrons. The Kier molecular flexibility index (Phi) is 4.33. The number of rotatable bonds is 6. The third kappa shape index (κ3) is 3.36. The molecule has 3 rings (SSSR count). The lowest BCUT2D eigenvalue weighted by atomic mass is 9.96. The van der Waals surface area contributed by atoms with E-state index in [4.69, 9.17) is 4.74 Å². The number of carbonyl (C=O) groups is 1. The van der Waals surface area contributed by atoms with Crippen LogP contribution in [0.1, 0.15) is 35.7 Å². The SMILES string of the molecule is CCOc1ccccc1C(=O)NCC1(c2ccc(F)cc2)CC1. The summed E-state index contributed by atoms with van der Waals surface area (Å²) < 4.78 is 18.6. The molecule has 0 aromatic heterocycles. The first-order chi connectivity index (χ1) is 11.1. The second kappa shape index (κ2) is 6.41. The van der Waals surface area contributed by atoms with Crippen LogP contribution in [0, 0.1) is 5.82 Å². The van der Waals surface area contributed by atoms with Crippen LogP contribution in [0.15, 0.2) is 48.5 Å². The fourth-order valence-corrected chi connectivity index (χ4v) is 2.80. The van der Waals surface area contributed by atoms with Gasteiger partial charge in [-0.1, -0.05) is 24.3 Å². The van der Waals surface area contributed by atoms with Crippen molar-refractivity contribution < 1.29 is 13.9 Å². The van der Waals surface area contributed by atoms with Crippen LogP contribution in [-0.2, 0) is 5.41 Å². The van der Waals surface area contributed by atoms with Crippen molar-refractivity contribution in [3.8, 4) is 5.75 Å². The van der Waals surface area contributed by atoms with Gasteiger partial charge in [0.15, 0.2) is 0 Å². The number of halogens is 1. The summed E-state index contributed by atoms with van der Waals surface area (Å²) in [7, 11) is 0. The number of nitrogens with one attached hydrogen (secondary N) is 1. The zero-order valence-electron chi connectivity index (χ0n) is 13.1. The minimum Gasteiger partial charge on any atom is -0.493 e. The Labute approximate surface area is 135 Å². The lowest BCUT2D eigenvalue weighted by Gasteiger charge is -2.17. The maximum absolute atomic E-state index is 13.1. The van der Waals surface area contributed by atoms with E-state index in [1.54, 1.807) is 12.1 Å². The number of amides is 1. The molecule has 1 aliphatic carbocycles. The summed E-state index contributed by atoms with van der Waals surface area (Å²) in [5, 5.41) is 3.00. The van der Waals surface area contributed by atoms with Gasteiger partial charge in [0.05, 0.1) is 12.2 Å². The molecule has 0 aliphatic heterocycles. The van der Waals surface area contributed by atoms with Crippen molar-refractivity contribution in [1.29, 1.82) is 0 Å². The fourth-order valence-electron chi connectivity index (χ4n) is 2.80. The van der Waals surface area contributed by atoms with Crippen LogP contribution in [0.3, 0.4) is 0 Å². The molecule has 2 aromatic rings. The molecule has 1 N–H and O–H groups in total. The van der Waals surface area contributed by atoms with Gasteiger partial charge in [0.1, 0.15) is 11.6 Å². The second-order valence-corrected chi connectivity index (χ2v) is 5.90. The number of para-hydroxylation sites is 1. The molecule has 23 heavy (non-hydrogen) atoms. The van der Waals surface area contributed by atoms with E-state index in [2.05, 4.69) is 5.32 Å². The molecule has 0 spiro atoms. The predicted molar refractivity (Wildman–Crippen MR) is 87.3 cm³/mol. The molecule has 0 bridgehead atoms. The topological polar surface area (TPSA) is 38.3 Å². The van der Waals surface area contributed by atoms with Crippen LogP contribution in [0.4, 0.5) is 4.39 Å². The Morgan fingerprint density at radius 1 is 1.17 bits per heavy atom. The van der Waals surface area contributed by atoms with Crippen molar-refractivity contribution in [3.05, 3.63) is 65.5 Å². The largest absolute Gasteiger partial charge is 0.493 e. The number of carbonyl (C=O) groups excluding carboxylic acids is 1. The lowest BCUT2D eigenvalue weighted by Crippen LogP contribution is -2.32. The van der Waals surface area contributed by atoms with E-state index in [0.717, 1.165) is 18.4 Å². The Morgan fingerprint density at radius 2 is 1.87 bits per heavy atom. The highest BCUT2D eigenvalue weighted by atomic mass is 19.1. The highest BCUT2D eigenvalue weighted by Gasteiger charge is 2.44. The van der Waals surface area contributed by atoms with E-state index in [1.807, 2.05) is 31.2 Å². The molecular formula is C19H20FNO2. The Bertz CT molecular complexity index is 693. The second-order valence-electron chi connectivity index (χ2n) is 5.90. The van der Waals surface area contributed by atoms with Crippen molar-refractivity contribution in [1.82, 2.24) is 5.32 Å². The van der Waals surface area contributed by atoms with Crippen molar-refractivity contribution >= 4 is 5.91 Å². The predicted octanol–water partition coefficient (Wildman–Crippen LogP) is 3.69.